The van der Waals surface area contributed by atoms with Gasteiger partial charge in [0.15, 0.2) is 5.76 Å². The maximum absolute atomic E-state index is 12.9. The van der Waals surface area contributed by atoms with E-state index in [1.54, 1.807) is 23.1 Å². The highest BCUT2D eigenvalue weighted by Crippen LogP contribution is 2.27. The van der Waals surface area contributed by atoms with Gasteiger partial charge in [-0.05, 0) is 55.7 Å². The van der Waals surface area contributed by atoms with E-state index in [1.807, 2.05) is 23.1 Å². The molecule has 28 heavy (non-hydrogen) atoms. The van der Waals surface area contributed by atoms with Gasteiger partial charge in [0.2, 0.25) is 5.91 Å². The fourth-order valence-corrected chi connectivity index (χ4v) is 4.28. The maximum atomic E-state index is 12.9. The number of hydrogen-bond donors (Lipinski definition) is 0. The Balaban J connectivity index is 1.40. The summed E-state index contributed by atoms with van der Waals surface area (Å²) in [6.07, 6.45) is 5.14. The van der Waals surface area contributed by atoms with Crippen molar-refractivity contribution < 1.29 is 14.0 Å². The second-order valence-electron chi connectivity index (χ2n) is 7.62. The fourth-order valence-electron chi connectivity index (χ4n) is 4.15. The number of benzene rings is 1. The molecule has 1 aromatic heterocycles. The highest BCUT2D eigenvalue weighted by Gasteiger charge is 2.30. The predicted octanol–water partition coefficient (Wildman–Crippen LogP) is 4.46. The smallest absolute Gasteiger partial charge is 0.289 e. The third-order valence-electron chi connectivity index (χ3n) is 5.74. The molecule has 0 N–H and O–H groups in total. The normalized spacial score (nSPS) is 18.3. The molecule has 0 atom stereocenters. The largest absolute Gasteiger partial charge is 0.451 e. The van der Waals surface area contributed by atoms with Crippen molar-refractivity contribution in [2.45, 2.75) is 32.1 Å². The van der Waals surface area contributed by atoms with Crippen molar-refractivity contribution in [1.82, 2.24) is 9.80 Å². The van der Waals surface area contributed by atoms with E-state index in [1.165, 1.54) is 0 Å². The van der Waals surface area contributed by atoms with Crippen LogP contribution in [0.2, 0.25) is 5.02 Å². The molecule has 0 bridgehead atoms. The van der Waals surface area contributed by atoms with Crippen LogP contribution in [-0.2, 0) is 4.79 Å². The molecule has 0 spiro atoms. The van der Waals surface area contributed by atoms with Crippen LogP contribution >= 0.6 is 11.6 Å². The van der Waals surface area contributed by atoms with Crippen molar-refractivity contribution in [3.63, 3.8) is 0 Å². The number of amides is 2. The van der Waals surface area contributed by atoms with Gasteiger partial charge in [0, 0.05) is 42.7 Å². The molecule has 2 aromatic rings. The molecule has 2 heterocycles. The zero-order valence-electron chi connectivity index (χ0n) is 15.9. The van der Waals surface area contributed by atoms with Gasteiger partial charge in [-0.15, -0.1) is 0 Å². The lowest BCUT2D eigenvalue weighted by molar-refractivity contribution is -0.135. The van der Waals surface area contributed by atoms with Crippen LogP contribution in [0.1, 0.15) is 42.7 Å². The number of furan rings is 1. The molecule has 5 nitrogen and oxygen atoms in total. The topological polar surface area (TPSA) is 53.8 Å². The average molecular weight is 401 g/mol. The van der Waals surface area contributed by atoms with Crippen LogP contribution in [0, 0.1) is 5.92 Å². The predicted molar refractivity (Wildman–Crippen MR) is 108 cm³/mol. The number of hydrogen-bond acceptors (Lipinski definition) is 3. The molecule has 6 heteroatoms. The third kappa shape index (κ3) is 4.09. The van der Waals surface area contributed by atoms with Crippen molar-refractivity contribution in [3.8, 4) is 11.3 Å². The van der Waals surface area contributed by atoms with Crippen LogP contribution < -0.4 is 0 Å². The number of rotatable bonds is 3. The number of carbonyl (C=O) groups excluding carboxylic acids is 2. The Morgan fingerprint density at radius 1 is 0.857 bits per heavy atom. The third-order valence-corrected chi connectivity index (χ3v) is 6.00. The average Bonchev–Trinajstić information content (AvgIpc) is 3.36. The summed E-state index contributed by atoms with van der Waals surface area (Å²) < 4.78 is 5.81. The zero-order valence-corrected chi connectivity index (χ0v) is 16.7. The van der Waals surface area contributed by atoms with Gasteiger partial charge in [-0.2, -0.15) is 0 Å². The van der Waals surface area contributed by atoms with Gasteiger partial charge in [-0.25, -0.2) is 0 Å². The molecule has 1 aliphatic heterocycles. The van der Waals surface area contributed by atoms with E-state index in [9.17, 15) is 9.59 Å². The van der Waals surface area contributed by atoms with Gasteiger partial charge in [-0.1, -0.05) is 24.4 Å². The van der Waals surface area contributed by atoms with Crippen LogP contribution in [-0.4, -0.2) is 47.8 Å². The summed E-state index contributed by atoms with van der Waals surface area (Å²) in [6, 6.07) is 10.9. The van der Waals surface area contributed by atoms with Crippen LogP contribution in [0.25, 0.3) is 11.3 Å². The number of nitrogens with zero attached hydrogens (tertiary/aromatic N) is 2. The first-order valence-corrected chi connectivity index (χ1v) is 10.4. The van der Waals surface area contributed by atoms with Crippen LogP contribution in [0.15, 0.2) is 40.8 Å². The quantitative estimate of drug-likeness (QED) is 0.764. The Morgan fingerprint density at radius 3 is 2.29 bits per heavy atom. The summed E-state index contributed by atoms with van der Waals surface area (Å²) >= 11 is 5.93. The first-order chi connectivity index (χ1) is 13.6. The fraction of sp³-hybridized carbons (Fsp3) is 0.455. The van der Waals surface area contributed by atoms with E-state index in [0.717, 1.165) is 44.2 Å². The minimum atomic E-state index is -0.115. The maximum Gasteiger partial charge on any atom is 0.289 e. The highest BCUT2D eigenvalue weighted by molar-refractivity contribution is 6.30. The number of carbonyl (C=O) groups is 2. The van der Waals surface area contributed by atoms with E-state index in [2.05, 4.69) is 0 Å². The minimum Gasteiger partial charge on any atom is -0.451 e. The van der Waals surface area contributed by atoms with E-state index < -0.39 is 0 Å². The molecule has 1 saturated heterocycles. The van der Waals surface area contributed by atoms with Crippen molar-refractivity contribution in [2.75, 3.05) is 26.2 Å². The Morgan fingerprint density at radius 2 is 1.54 bits per heavy atom. The van der Waals surface area contributed by atoms with Crippen molar-refractivity contribution in [3.05, 3.63) is 47.2 Å². The molecule has 1 aromatic carbocycles. The van der Waals surface area contributed by atoms with Crippen molar-refractivity contribution in [2.24, 2.45) is 5.92 Å². The summed E-state index contributed by atoms with van der Waals surface area (Å²) in [5.41, 5.74) is 0.882. The van der Waals surface area contributed by atoms with Gasteiger partial charge in [0.25, 0.3) is 5.91 Å². The zero-order chi connectivity index (χ0) is 19.5. The van der Waals surface area contributed by atoms with E-state index in [4.69, 9.17) is 16.0 Å². The van der Waals surface area contributed by atoms with E-state index >= 15 is 0 Å². The summed E-state index contributed by atoms with van der Waals surface area (Å²) in [5, 5.41) is 0.660. The van der Waals surface area contributed by atoms with Crippen LogP contribution in [0.3, 0.4) is 0 Å². The molecule has 2 amide bonds. The lowest BCUT2D eigenvalue weighted by atomic mass is 10.1. The Labute approximate surface area is 170 Å². The van der Waals surface area contributed by atoms with Gasteiger partial charge in [0.1, 0.15) is 5.76 Å². The second-order valence-corrected chi connectivity index (χ2v) is 8.06. The van der Waals surface area contributed by atoms with E-state index in [-0.39, 0.29) is 17.7 Å². The van der Waals surface area contributed by atoms with Gasteiger partial charge < -0.3 is 14.2 Å². The minimum absolute atomic E-state index is 0.115. The number of halogens is 1. The summed E-state index contributed by atoms with van der Waals surface area (Å²) in [5.74, 6) is 1.33. The molecular weight excluding hydrogens is 376 g/mol. The van der Waals surface area contributed by atoms with Crippen molar-refractivity contribution in [1.29, 1.82) is 0 Å². The lowest BCUT2D eigenvalue weighted by Crippen LogP contribution is -2.39. The molecule has 1 saturated carbocycles. The Bertz CT molecular complexity index is 840. The lowest BCUT2D eigenvalue weighted by Gasteiger charge is -2.24. The van der Waals surface area contributed by atoms with Crippen LogP contribution in [0.5, 0.6) is 0 Å². The molecule has 1 aliphatic carbocycles. The standard InChI is InChI=1S/C22H25ClN2O3/c23-18-8-6-16(7-9-18)19-10-11-20(28-19)22(27)25-13-3-12-24(14-15-25)21(26)17-4-1-2-5-17/h6-11,17H,1-5,12-15H2. The SMILES string of the molecule is O=C(c1ccc(-c2ccc(Cl)cc2)o1)N1CCCN(C(=O)C2CCCC2)CC1. The van der Waals surface area contributed by atoms with Gasteiger partial charge in [0.05, 0.1) is 0 Å². The van der Waals surface area contributed by atoms with Gasteiger partial charge >= 0.3 is 0 Å². The van der Waals surface area contributed by atoms with Gasteiger partial charge in [-0.3, -0.25) is 9.59 Å². The van der Waals surface area contributed by atoms with E-state index in [0.29, 0.717) is 36.2 Å². The Kier molecular flexibility index (Phi) is 5.72. The molecule has 2 fully saturated rings. The first-order valence-electron chi connectivity index (χ1n) is 10.1. The first kappa shape index (κ1) is 19.1. The summed E-state index contributed by atoms with van der Waals surface area (Å²) in [7, 11) is 0. The molecule has 0 radical (unpaired) electrons. The summed E-state index contributed by atoms with van der Waals surface area (Å²) in [4.78, 5) is 29.3. The Hall–Kier alpha value is -2.27. The molecule has 0 unspecified atom stereocenters. The molecular formula is C22H25ClN2O3. The molecule has 4 rings (SSSR count). The van der Waals surface area contributed by atoms with Crippen molar-refractivity contribution >= 4 is 23.4 Å². The highest BCUT2D eigenvalue weighted by atomic mass is 35.5. The second kappa shape index (κ2) is 8.39. The monoisotopic (exact) mass is 400 g/mol. The van der Waals surface area contributed by atoms with Crippen LogP contribution in [0.4, 0.5) is 0 Å². The molecule has 148 valence electrons. The molecule has 2 aliphatic rings. The summed E-state index contributed by atoms with van der Waals surface area (Å²) in [6.45, 7) is 2.53.